The van der Waals surface area contributed by atoms with Gasteiger partial charge in [-0.1, -0.05) is 18.2 Å². The van der Waals surface area contributed by atoms with E-state index < -0.39 is 0 Å². The maximum Gasteiger partial charge on any atom is 0.125 e. The van der Waals surface area contributed by atoms with Gasteiger partial charge in [-0.25, -0.2) is 9.97 Å². The molecule has 1 aromatic carbocycles. The zero-order chi connectivity index (χ0) is 12.8. The van der Waals surface area contributed by atoms with E-state index in [2.05, 4.69) is 38.9 Å². The van der Waals surface area contributed by atoms with Crippen molar-refractivity contribution in [3.63, 3.8) is 0 Å². The van der Waals surface area contributed by atoms with Gasteiger partial charge in [0.25, 0.3) is 0 Å². The molecule has 0 aliphatic carbocycles. The number of nitrogens with zero attached hydrogens (tertiary/aromatic N) is 3. The zero-order valence-corrected chi connectivity index (χ0v) is 10.9. The highest BCUT2D eigenvalue weighted by molar-refractivity contribution is 5.97. The molecule has 94 valence electrons. The van der Waals surface area contributed by atoms with Gasteiger partial charge in [0.2, 0.25) is 0 Å². The van der Waals surface area contributed by atoms with Gasteiger partial charge in [0.15, 0.2) is 0 Å². The van der Waals surface area contributed by atoms with Gasteiger partial charge in [0.1, 0.15) is 5.82 Å². The summed E-state index contributed by atoms with van der Waals surface area (Å²) < 4.78 is 2.38. The van der Waals surface area contributed by atoms with E-state index in [-0.39, 0.29) is 0 Å². The quantitative estimate of drug-likeness (QED) is 0.662. The highest BCUT2D eigenvalue weighted by Gasteiger charge is 2.17. The van der Waals surface area contributed by atoms with Gasteiger partial charge < -0.3 is 4.57 Å². The molecule has 0 fully saturated rings. The molecule has 3 heterocycles. The molecular formula is C16H15N3. The maximum atomic E-state index is 4.57. The molecule has 0 radical (unpaired) electrons. The lowest BCUT2D eigenvalue weighted by Crippen LogP contribution is -2.05. The van der Waals surface area contributed by atoms with Crippen LogP contribution < -0.4 is 0 Å². The van der Waals surface area contributed by atoms with Crippen LogP contribution in [0.2, 0.25) is 0 Å². The van der Waals surface area contributed by atoms with E-state index in [0.29, 0.717) is 0 Å². The second kappa shape index (κ2) is 3.92. The summed E-state index contributed by atoms with van der Waals surface area (Å²) in [5, 5.41) is 1.32. The van der Waals surface area contributed by atoms with E-state index >= 15 is 0 Å². The molecule has 1 aliphatic rings. The molecule has 1 aliphatic heterocycles. The van der Waals surface area contributed by atoms with Crippen LogP contribution in [0.3, 0.4) is 0 Å². The molecule has 3 aromatic rings. The zero-order valence-electron chi connectivity index (χ0n) is 10.9. The summed E-state index contributed by atoms with van der Waals surface area (Å²) >= 11 is 0. The lowest BCUT2D eigenvalue weighted by molar-refractivity contribution is 0.636. The molecule has 3 nitrogen and oxygen atoms in total. The Morgan fingerprint density at radius 1 is 1.21 bits per heavy atom. The third-order valence-corrected chi connectivity index (χ3v) is 3.88. The molecule has 19 heavy (non-hydrogen) atoms. The Morgan fingerprint density at radius 2 is 2.16 bits per heavy atom. The molecule has 0 spiro atoms. The fourth-order valence-corrected chi connectivity index (χ4v) is 3.07. The average molecular weight is 249 g/mol. The average Bonchev–Trinajstić information content (AvgIpc) is 2.81. The minimum atomic E-state index is 0.824. The first-order valence-electron chi connectivity index (χ1n) is 6.74. The summed E-state index contributed by atoms with van der Waals surface area (Å²) in [6.07, 6.45) is 6.49. The molecule has 0 amide bonds. The fraction of sp³-hybridized carbons (Fsp3) is 0.250. The predicted molar refractivity (Wildman–Crippen MR) is 76.0 cm³/mol. The lowest BCUT2D eigenvalue weighted by Gasteiger charge is -2.14. The largest absolute Gasteiger partial charge is 0.347 e. The van der Waals surface area contributed by atoms with E-state index in [1.54, 1.807) is 0 Å². The van der Waals surface area contributed by atoms with E-state index in [0.717, 1.165) is 18.1 Å². The van der Waals surface area contributed by atoms with E-state index in [9.17, 15) is 0 Å². The summed E-state index contributed by atoms with van der Waals surface area (Å²) in [5.41, 5.74) is 5.10. The van der Waals surface area contributed by atoms with Crippen molar-refractivity contribution in [1.29, 1.82) is 0 Å². The molecule has 0 bridgehead atoms. The number of rotatable bonds is 1. The Bertz CT molecular complexity index is 771. The molecule has 2 aromatic heterocycles. The van der Waals surface area contributed by atoms with Crippen molar-refractivity contribution >= 4 is 10.9 Å². The molecular weight excluding hydrogens is 234 g/mol. The van der Waals surface area contributed by atoms with Gasteiger partial charge >= 0.3 is 0 Å². The van der Waals surface area contributed by atoms with Crippen LogP contribution in [0.15, 0.2) is 36.7 Å². The van der Waals surface area contributed by atoms with Crippen LogP contribution in [0, 0.1) is 6.92 Å². The number of aromatic nitrogens is 3. The second-order valence-corrected chi connectivity index (χ2v) is 5.14. The number of benzene rings is 1. The molecule has 0 saturated heterocycles. The molecule has 0 N–H and O–H groups in total. The van der Waals surface area contributed by atoms with Crippen LogP contribution >= 0.6 is 0 Å². The summed E-state index contributed by atoms with van der Waals surface area (Å²) in [6, 6.07) is 8.60. The Hall–Kier alpha value is -2.16. The predicted octanol–water partition coefficient (Wildman–Crippen LogP) is 3.35. The first-order valence-corrected chi connectivity index (χ1v) is 6.74. The standard InChI is InChI=1S/C16H15N3/c1-11-17-8-7-15(18-11)14-10-19-9-3-5-12-4-2-6-13(14)16(12)19/h2,4,6-8,10H,3,5,9H2,1H3. The highest BCUT2D eigenvalue weighted by Crippen LogP contribution is 2.34. The van der Waals surface area contributed by atoms with Crippen LogP contribution in [-0.2, 0) is 13.0 Å². The second-order valence-electron chi connectivity index (χ2n) is 5.14. The fourth-order valence-electron chi connectivity index (χ4n) is 3.07. The molecule has 0 saturated carbocycles. The lowest BCUT2D eigenvalue weighted by atomic mass is 10.0. The third-order valence-electron chi connectivity index (χ3n) is 3.88. The van der Waals surface area contributed by atoms with Crippen molar-refractivity contribution in [3.05, 3.63) is 48.0 Å². The van der Waals surface area contributed by atoms with Gasteiger partial charge in [-0.15, -0.1) is 0 Å². The smallest absolute Gasteiger partial charge is 0.125 e. The first-order chi connectivity index (χ1) is 9.33. The monoisotopic (exact) mass is 249 g/mol. The maximum absolute atomic E-state index is 4.57. The summed E-state index contributed by atoms with van der Waals surface area (Å²) in [7, 11) is 0. The van der Waals surface area contributed by atoms with Gasteiger partial charge in [-0.3, -0.25) is 0 Å². The third kappa shape index (κ3) is 1.58. The molecule has 4 rings (SSSR count). The highest BCUT2D eigenvalue weighted by atomic mass is 15.0. The van der Waals surface area contributed by atoms with Crippen molar-refractivity contribution in [1.82, 2.24) is 14.5 Å². The molecule has 0 unspecified atom stereocenters. The Balaban J connectivity index is 2.04. The van der Waals surface area contributed by atoms with Crippen LogP contribution in [0.5, 0.6) is 0 Å². The van der Waals surface area contributed by atoms with E-state index in [1.807, 2.05) is 19.2 Å². The number of hydrogen-bond acceptors (Lipinski definition) is 2. The summed E-state index contributed by atoms with van der Waals surface area (Å²) in [4.78, 5) is 8.75. The normalized spacial score (nSPS) is 13.9. The number of hydrogen-bond donors (Lipinski definition) is 0. The van der Waals surface area contributed by atoms with Crippen molar-refractivity contribution in [3.8, 4) is 11.3 Å². The van der Waals surface area contributed by atoms with Crippen LogP contribution in [-0.4, -0.2) is 14.5 Å². The van der Waals surface area contributed by atoms with Gasteiger partial charge in [0.05, 0.1) is 11.2 Å². The van der Waals surface area contributed by atoms with Crippen molar-refractivity contribution in [2.45, 2.75) is 26.3 Å². The van der Waals surface area contributed by atoms with Crippen LogP contribution in [0.25, 0.3) is 22.2 Å². The van der Waals surface area contributed by atoms with Crippen LogP contribution in [0.1, 0.15) is 17.8 Å². The van der Waals surface area contributed by atoms with Gasteiger partial charge in [-0.05, 0) is 31.4 Å². The molecule has 3 heteroatoms. The molecule has 0 atom stereocenters. The van der Waals surface area contributed by atoms with Crippen molar-refractivity contribution in [2.75, 3.05) is 0 Å². The Kier molecular flexibility index (Phi) is 2.21. The first kappa shape index (κ1) is 10.7. The Labute approximate surface area is 111 Å². The Morgan fingerprint density at radius 3 is 3.05 bits per heavy atom. The minimum absolute atomic E-state index is 0.824. The SMILES string of the molecule is Cc1nccc(-c2cn3c4c(cccc24)CCC3)n1. The topological polar surface area (TPSA) is 30.7 Å². The van der Waals surface area contributed by atoms with Crippen molar-refractivity contribution < 1.29 is 0 Å². The van der Waals surface area contributed by atoms with E-state index in [1.165, 1.54) is 34.9 Å². The summed E-state index contributed by atoms with van der Waals surface area (Å²) in [5.74, 6) is 0.824. The van der Waals surface area contributed by atoms with Crippen molar-refractivity contribution in [2.24, 2.45) is 0 Å². The van der Waals surface area contributed by atoms with Gasteiger partial charge in [0, 0.05) is 29.9 Å². The van der Waals surface area contributed by atoms with Crippen LogP contribution in [0.4, 0.5) is 0 Å². The van der Waals surface area contributed by atoms with Gasteiger partial charge in [-0.2, -0.15) is 0 Å². The van der Waals surface area contributed by atoms with E-state index in [4.69, 9.17) is 0 Å². The number of aryl methyl sites for hydroxylation is 3. The number of para-hydroxylation sites is 1. The summed E-state index contributed by atoms with van der Waals surface area (Å²) in [6.45, 7) is 3.05. The minimum Gasteiger partial charge on any atom is -0.347 e.